The Morgan fingerprint density at radius 3 is 2.62 bits per heavy atom. The number of aryl methyl sites for hydroxylation is 1. The van der Waals surface area contributed by atoms with Crippen molar-refractivity contribution in [2.75, 3.05) is 31.0 Å². The lowest BCUT2D eigenvalue weighted by Crippen LogP contribution is -2.37. The summed E-state index contributed by atoms with van der Waals surface area (Å²) in [7, 11) is -3.54. The molecule has 2 heterocycles. The van der Waals surface area contributed by atoms with E-state index in [2.05, 4.69) is 9.71 Å². The summed E-state index contributed by atoms with van der Waals surface area (Å²) in [4.78, 5) is 4.22. The lowest BCUT2D eigenvalue weighted by Gasteiger charge is -2.21. The number of ether oxygens (including phenoxy) is 1. The van der Waals surface area contributed by atoms with E-state index in [4.69, 9.17) is 4.74 Å². The van der Waals surface area contributed by atoms with Crippen LogP contribution in [0.25, 0.3) is 0 Å². The van der Waals surface area contributed by atoms with Gasteiger partial charge in [-0.15, -0.1) is 0 Å². The van der Waals surface area contributed by atoms with Crippen molar-refractivity contribution < 1.29 is 13.2 Å². The Kier molecular flexibility index (Phi) is 5.73. The number of nitrogens with zero attached hydrogens (tertiary/aromatic N) is 2. The molecule has 0 radical (unpaired) electrons. The molecular formula is C17H27N3O3S. The number of aromatic nitrogens is 1. The molecule has 1 saturated carbocycles. The molecule has 1 atom stereocenters. The number of hydrogen-bond donors (Lipinski definition) is 1. The van der Waals surface area contributed by atoms with Gasteiger partial charge in [-0.1, -0.05) is 6.07 Å². The molecule has 24 heavy (non-hydrogen) atoms. The number of rotatable bonds is 7. The molecule has 0 amide bonds. The Morgan fingerprint density at radius 2 is 1.92 bits per heavy atom. The second-order valence-electron chi connectivity index (χ2n) is 6.95. The van der Waals surface area contributed by atoms with E-state index in [-0.39, 0.29) is 0 Å². The van der Waals surface area contributed by atoms with Gasteiger partial charge < -0.3 is 4.74 Å². The van der Waals surface area contributed by atoms with Crippen LogP contribution in [0.2, 0.25) is 0 Å². The van der Waals surface area contributed by atoms with Crippen LogP contribution in [0.3, 0.4) is 0 Å². The summed E-state index contributed by atoms with van der Waals surface area (Å²) in [6, 6.07) is 5.32. The highest BCUT2D eigenvalue weighted by Gasteiger charge is 2.27. The molecule has 6 nitrogen and oxygen atoms in total. The summed E-state index contributed by atoms with van der Waals surface area (Å²) in [5, 5.41) is 0. The van der Waals surface area contributed by atoms with E-state index in [0.29, 0.717) is 24.8 Å². The third kappa shape index (κ3) is 5.16. The van der Waals surface area contributed by atoms with Gasteiger partial charge in [-0.25, -0.2) is 4.98 Å². The van der Waals surface area contributed by atoms with Gasteiger partial charge in [0.25, 0.3) is 0 Å². The van der Waals surface area contributed by atoms with Crippen LogP contribution in [0.15, 0.2) is 18.2 Å². The molecule has 2 aliphatic rings. The van der Waals surface area contributed by atoms with Crippen LogP contribution in [0.5, 0.6) is 0 Å². The molecule has 0 spiro atoms. The van der Waals surface area contributed by atoms with Crippen molar-refractivity contribution in [1.82, 2.24) is 9.29 Å². The maximum absolute atomic E-state index is 12.6. The molecule has 1 aromatic heterocycles. The van der Waals surface area contributed by atoms with Crippen molar-refractivity contribution in [3.8, 4) is 0 Å². The van der Waals surface area contributed by atoms with Crippen molar-refractivity contribution in [1.29, 1.82) is 0 Å². The van der Waals surface area contributed by atoms with Crippen molar-refractivity contribution in [2.24, 2.45) is 11.8 Å². The SMILES string of the molecule is Cc1cccc(NS(=O)(=O)N2CCCC(COCC3CC3)CC2)n1. The number of pyridine rings is 1. The van der Waals surface area contributed by atoms with Crippen LogP contribution in [0, 0.1) is 18.8 Å². The van der Waals surface area contributed by atoms with Crippen LogP contribution < -0.4 is 4.72 Å². The van der Waals surface area contributed by atoms with Gasteiger partial charge in [-0.05, 0) is 63.0 Å². The number of anilines is 1. The summed E-state index contributed by atoms with van der Waals surface area (Å²) in [6.45, 7) is 4.57. The summed E-state index contributed by atoms with van der Waals surface area (Å²) in [6.07, 6.45) is 5.36. The highest BCUT2D eigenvalue weighted by atomic mass is 32.2. The predicted molar refractivity (Wildman–Crippen MR) is 94.0 cm³/mol. The maximum atomic E-state index is 12.6. The highest BCUT2D eigenvalue weighted by molar-refractivity contribution is 7.90. The van der Waals surface area contributed by atoms with E-state index in [0.717, 1.165) is 44.1 Å². The fraction of sp³-hybridized carbons (Fsp3) is 0.706. The van der Waals surface area contributed by atoms with E-state index in [1.807, 2.05) is 13.0 Å². The molecule has 0 bridgehead atoms. The first kappa shape index (κ1) is 17.6. The largest absolute Gasteiger partial charge is 0.381 e. The van der Waals surface area contributed by atoms with Gasteiger partial charge in [-0.2, -0.15) is 12.7 Å². The fourth-order valence-electron chi connectivity index (χ4n) is 3.03. The Bertz CT molecular complexity index is 646. The molecule has 7 heteroatoms. The second-order valence-corrected chi connectivity index (χ2v) is 8.62. The first-order valence-electron chi connectivity index (χ1n) is 8.82. The quantitative estimate of drug-likeness (QED) is 0.818. The highest BCUT2D eigenvalue weighted by Crippen LogP contribution is 2.29. The van der Waals surface area contributed by atoms with Gasteiger partial charge in [0.2, 0.25) is 0 Å². The van der Waals surface area contributed by atoms with E-state index in [1.165, 1.54) is 17.1 Å². The van der Waals surface area contributed by atoms with Crippen LogP contribution in [0.1, 0.15) is 37.8 Å². The van der Waals surface area contributed by atoms with Gasteiger partial charge >= 0.3 is 10.2 Å². The molecular weight excluding hydrogens is 326 g/mol. The van der Waals surface area contributed by atoms with Crippen molar-refractivity contribution in [3.05, 3.63) is 23.9 Å². The minimum Gasteiger partial charge on any atom is -0.381 e. The summed E-state index contributed by atoms with van der Waals surface area (Å²) in [5.74, 6) is 1.61. The Balaban J connectivity index is 1.51. The minimum atomic E-state index is -3.54. The molecule has 134 valence electrons. The summed E-state index contributed by atoms with van der Waals surface area (Å²) in [5.41, 5.74) is 0.791. The van der Waals surface area contributed by atoms with Crippen LogP contribution >= 0.6 is 0 Å². The fourth-order valence-corrected chi connectivity index (χ4v) is 4.25. The molecule has 3 rings (SSSR count). The second kappa shape index (κ2) is 7.80. The normalized spacial score (nSPS) is 23.0. The van der Waals surface area contributed by atoms with E-state index in [1.54, 1.807) is 12.1 Å². The zero-order chi connectivity index (χ0) is 17.0. The third-order valence-electron chi connectivity index (χ3n) is 4.67. The first-order chi connectivity index (χ1) is 11.5. The van der Waals surface area contributed by atoms with Crippen molar-refractivity contribution in [3.63, 3.8) is 0 Å². The molecule has 2 fully saturated rings. The standard InChI is InChI=1S/C17H27N3O3S/c1-14-4-2-6-17(18-14)19-24(21,22)20-10-3-5-15(9-11-20)12-23-13-16-7-8-16/h2,4,6,15-16H,3,5,7-13H2,1H3,(H,18,19). The van der Waals surface area contributed by atoms with Gasteiger partial charge in [0.05, 0.1) is 0 Å². The third-order valence-corrected chi connectivity index (χ3v) is 6.18. The average molecular weight is 353 g/mol. The molecule has 1 aliphatic carbocycles. The molecule has 1 saturated heterocycles. The molecule has 1 aliphatic heterocycles. The average Bonchev–Trinajstić information content (AvgIpc) is 3.34. The van der Waals surface area contributed by atoms with E-state index < -0.39 is 10.2 Å². The Hall–Kier alpha value is -1.18. The lowest BCUT2D eigenvalue weighted by molar-refractivity contribution is 0.0867. The molecule has 1 N–H and O–H groups in total. The number of nitrogens with one attached hydrogen (secondary N) is 1. The number of hydrogen-bond acceptors (Lipinski definition) is 4. The van der Waals surface area contributed by atoms with Crippen LogP contribution in [-0.4, -0.2) is 44.0 Å². The maximum Gasteiger partial charge on any atom is 0.302 e. The van der Waals surface area contributed by atoms with Gasteiger partial charge in [0.1, 0.15) is 5.82 Å². The monoisotopic (exact) mass is 353 g/mol. The molecule has 1 unspecified atom stereocenters. The minimum absolute atomic E-state index is 0.378. The first-order valence-corrected chi connectivity index (χ1v) is 10.3. The van der Waals surface area contributed by atoms with Crippen LogP contribution in [0.4, 0.5) is 5.82 Å². The van der Waals surface area contributed by atoms with Crippen molar-refractivity contribution >= 4 is 16.0 Å². The Labute approximate surface area is 144 Å². The lowest BCUT2D eigenvalue weighted by atomic mass is 10.0. The summed E-state index contributed by atoms with van der Waals surface area (Å²) >= 11 is 0. The Morgan fingerprint density at radius 1 is 1.17 bits per heavy atom. The van der Waals surface area contributed by atoms with Gasteiger partial charge in [0.15, 0.2) is 0 Å². The smallest absolute Gasteiger partial charge is 0.302 e. The van der Waals surface area contributed by atoms with E-state index >= 15 is 0 Å². The predicted octanol–water partition coefficient (Wildman–Crippen LogP) is 2.58. The molecule has 1 aromatic rings. The van der Waals surface area contributed by atoms with Gasteiger partial charge in [-0.3, -0.25) is 4.72 Å². The van der Waals surface area contributed by atoms with Gasteiger partial charge in [0, 0.05) is 32.0 Å². The topological polar surface area (TPSA) is 71.5 Å². The zero-order valence-corrected chi connectivity index (χ0v) is 15.1. The van der Waals surface area contributed by atoms with Crippen LogP contribution in [-0.2, 0) is 14.9 Å². The zero-order valence-electron chi connectivity index (χ0n) is 14.3. The van der Waals surface area contributed by atoms with Crippen molar-refractivity contribution in [2.45, 2.75) is 39.0 Å². The summed E-state index contributed by atoms with van der Waals surface area (Å²) < 4.78 is 35.1. The van der Waals surface area contributed by atoms with E-state index in [9.17, 15) is 8.42 Å². The molecule has 0 aromatic carbocycles.